The van der Waals surface area contributed by atoms with E-state index in [1.165, 1.54) is 5.56 Å². The van der Waals surface area contributed by atoms with Crippen molar-refractivity contribution in [1.29, 1.82) is 0 Å². The Morgan fingerprint density at radius 2 is 2.08 bits per heavy atom. The molecular weight excluding hydrogens is 148 g/mol. The molecule has 1 atom stereocenters. The molecule has 1 heteroatoms. The number of aryl methyl sites for hydroxylation is 1. The molecule has 0 saturated carbocycles. The van der Waals surface area contributed by atoms with Gasteiger partial charge in [-0.05, 0) is 30.9 Å². The quantitative estimate of drug-likeness (QED) is 0.666. The molecule has 0 aromatic carbocycles. The van der Waals surface area contributed by atoms with Crippen LogP contribution in [0.15, 0.2) is 16.7 Å². The molecule has 0 amide bonds. The summed E-state index contributed by atoms with van der Waals surface area (Å²) in [7, 11) is 0. The van der Waals surface area contributed by atoms with E-state index in [-0.39, 0.29) is 0 Å². The number of rotatable bonds is 3. The lowest BCUT2D eigenvalue weighted by Crippen LogP contribution is -2.03. The molecule has 0 aliphatic heterocycles. The third kappa shape index (κ3) is 1.90. The summed E-state index contributed by atoms with van der Waals surface area (Å²) >= 11 is 0. The third-order valence-electron chi connectivity index (χ3n) is 2.36. The molecule has 0 aliphatic carbocycles. The van der Waals surface area contributed by atoms with Crippen molar-refractivity contribution >= 4 is 0 Å². The van der Waals surface area contributed by atoms with E-state index >= 15 is 0 Å². The Hall–Kier alpha value is -0.720. The van der Waals surface area contributed by atoms with Gasteiger partial charge in [0.15, 0.2) is 0 Å². The fourth-order valence-corrected chi connectivity index (χ4v) is 1.65. The van der Waals surface area contributed by atoms with Crippen molar-refractivity contribution in [3.8, 4) is 0 Å². The van der Waals surface area contributed by atoms with Gasteiger partial charge in [0.1, 0.15) is 5.76 Å². The molecule has 0 bridgehead atoms. The minimum Gasteiger partial charge on any atom is -0.469 e. The summed E-state index contributed by atoms with van der Waals surface area (Å²) in [6.45, 7) is 8.76. The number of hydrogen-bond donors (Lipinski definition) is 0. The molecule has 12 heavy (non-hydrogen) atoms. The molecule has 0 radical (unpaired) electrons. The Morgan fingerprint density at radius 1 is 1.42 bits per heavy atom. The van der Waals surface area contributed by atoms with Crippen LogP contribution in [0.1, 0.15) is 44.4 Å². The van der Waals surface area contributed by atoms with Gasteiger partial charge in [0, 0.05) is 5.92 Å². The van der Waals surface area contributed by atoms with E-state index in [1.807, 2.05) is 6.26 Å². The second-order valence-electron chi connectivity index (χ2n) is 3.79. The highest BCUT2D eigenvalue weighted by Gasteiger charge is 2.16. The van der Waals surface area contributed by atoms with Crippen molar-refractivity contribution in [1.82, 2.24) is 0 Å². The van der Waals surface area contributed by atoms with Gasteiger partial charge in [0.2, 0.25) is 0 Å². The van der Waals surface area contributed by atoms with Crippen molar-refractivity contribution in [3.05, 3.63) is 23.7 Å². The highest BCUT2D eigenvalue weighted by molar-refractivity contribution is 5.14. The van der Waals surface area contributed by atoms with Gasteiger partial charge in [0.05, 0.1) is 6.26 Å². The Bertz CT molecular complexity index is 235. The maximum Gasteiger partial charge on any atom is 0.107 e. The lowest BCUT2D eigenvalue weighted by molar-refractivity contribution is 0.387. The number of hydrogen-bond acceptors (Lipinski definition) is 1. The second-order valence-corrected chi connectivity index (χ2v) is 3.79. The fraction of sp³-hybridized carbons (Fsp3) is 0.636. The Kier molecular flexibility index (Phi) is 2.96. The van der Waals surface area contributed by atoms with Crippen LogP contribution in [0.2, 0.25) is 0 Å². The van der Waals surface area contributed by atoms with Crippen LogP contribution in [0.5, 0.6) is 0 Å². The van der Waals surface area contributed by atoms with E-state index in [1.54, 1.807) is 0 Å². The van der Waals surface area contributed by atoms with Crippen LogP contribution in [0.4, 0.5) is 0 Å². The number of furan rings is 1. The van der Waals surface area contributed by atoms with Crippen molar-refractivity contribution in [2.45, 2.75) is 40.0 Å². The van der Waals surface area contributed by atoms with Gasteiger partial charge in [-0.1, -0.05) is 20.8 Å². The van der Waals surface area contributed by atoms with Crippen LogP contribution in [0.3, 0.4) is 0 Å². The molecule has 1 aromatic rings. The maximum atomic E-state index is 5.48. The topological polar surface area (TPSA) is 13.1 Å². The van der Waals surface area contributed by atoms with E-state index in [9.17, 15) is 0 Å². The van der Waals surface area contributed by atoms with Gasteiger partial charge >= 0.3 is 0 Å². The molecule has 0 N–H and O–H groups in total. The van der Waals surface area contributed by atoms with Gasteiger partial charge in [-0.2, -0.15) is 0 Å². The first kappa shape index (κ1) is 9.37. The van der Waals surface area contributed by atoms with E-state index in [0.29, 0.717) is 11.8 Å². The normalized spacial score (nSPS) is 13.8. The van der Waals surface area contributed by atoms with Crippen molar-refractivity contribution in [3.63, 3.8) is 0 Å². The minimum atomic E-state index is 0.582. The lowest BCUT2D eigenvalue weighted by atomic mass is 9.91. The molecule has 0 aliphatic rings. The predicted molar refractivity (Wildman–Crippen MR) is 51.3 cm³/mol. The van der Waals surface area contributed by atoms with Crippen LogP contribution >= 0.6 is 0 Å². The average Bonchev–Trinajstić information content (AvgIpc) is 2.37. The second kappa shape index (κ2) is 3.79. The van der Waals surface area contributed by atoms with Gasteiger partial charge in [0.25, 0.3) is 0 Å². The first-order valence-corrected chi connectivity index (χ1v) is 4.70. The first-order chi connectivity index (χ1) is 5.65. The van der Waals surface area contributed by atoms with E-state index in [4.69, 9.17) is 4.42 Å². The first-order valence-electron chi connectivity index (χ1n) is 4.70. The molecule has 1 nitrogen and oxygen atoms in total. The maximum absolute atomic E-state index is 5.48. The summed E-state index contributed by atoms with van der Waals surface area (Å²) in [5.74, 6) is 2.39. The summed E-state index contributed by atoms with van der Waals surface area (Å²) in [6.07, 6.45) is 2.99. The van der Waals surface area contributed by atoms with Gasteiger partial charge in [-0.25, -0.2) is 0 Å². The monoisotopic (exact) mass is 166 g/mol. The van der Waals surface area contributed by atoms with Crippen LogP contribution in [0, 0.1) is 12.8 Å². The van der Waals surface area contributed by atoms with Crippen molar-refractivity contribution in [2.24, 2.45) is 5.92 Å². The van der Waals surface area contributed by atoms with E-state index in [0.717, 1.165) is 12.2 Å². The van der Waals surface area contributed by atoms with Crippen LogP contribution in [-0.4, -0.2) is 0 Å². The highest BCUT2D eigenvalue weighted by atomic mass is 16.3. The largest absolute Gasteiger partial charge is 0.469 e. The predicted octanol–water partition coefficient (Wildman–Crippen LogP) is 3.74. The van der Waals surface area contributed by atoms with Crippen LogP contribution in [-0.2, 0) is 0 Å². The van der Waals surface area contributed by atoms with Gasteiger partial charge in [-0.15, -0.1) is 0 Å². The lowest BCUT2D eigenvalue weighted by Gasteiger charge is -2.15. The minimum absolute atomic E-state index is 0.582. The summed E-state index contributed by atoms with van der Waals surface area (Å²) < 4.78 is 5.48. The zero-order valence-corrected chi connectivity index (χ0v) is 8.42. The Morgan fingerprint density at radius 3 is 2.42 bits per heavy atom. The summed E-state index contributed by atoms with van der Waals surface area (Å²) in [4.78, 5) is 0. The SMILES string of the molecule is CC[C@H](c1cc(C)co1)C(C)C. The summed E-state index contributed by atoms with van der Waals surface area (Å²) in [6, 6.07) is 2.15. The van der Waals surface area contributed by atoms with E-state index < -0.39 is 0 Å². The highest BCUT2D eigenvalue weighted by Crippen LogP contribution is 2.28. The molecule has 0 fully saturated rings. The summed E-state index contributed by atoms with van der Waals surface area (Å²) in [5, 5.41) is 0. The summed E-state index contributed by atoms with van der Waals surface area (Å²) in [5.41, 5.74) is 1.23. The molecule has 0 spiro atoms. The van der Waals surface area contributed by atoms with Gasteiger partial charge < -0.3 is 4.42 Å². The fourth-order valence-electron chi connectivity index (χ4n) is 1.65. The molecule has 68 valence electrons. The van der Waals surface area contributed by atoms with Crippen LogP contribution in [0.25, 0.3) is 0 Å². The smallest absolute Gasteiger partial charge is 0.107 e. The van der Waals surface area contributed by atoms with Crippen molar-refractivity contribution < 1.29 is 4.42 Å². The molecule has 1 heterocycles. The Balaban J connectivity index is 2.80. The van der Waals surface area contributed by atoms with Crippen molar-refractivity contribution in [2.75, 3.05) is 0 Å². The standard InChI is InChI=1S/C11H18O/c1-5-10(8(2)3)11-6-9(4)7-12-11/h6-8,10H,5H2,1-4H3/t10-/m0/s1. The Labute approximate surface area is 74.8 Å². The molecule has 0 saturated heterocycles. The third-order valence-corrected chi connectivity index (χ3v) is 2.36. The zero-order chi connectivity index (χ0) is 9.14. The molecule has 0 unspecified atom stereocenters. The zero-order valence-electron chi connectivity index (χ0n) is 8.42. The average molecular weight is 166 g/mol. The van der Waals surface area contributed by atoms with E-state index in [2.05, 4.69) is 33.8 Å². The van der Waals surface area contributed by atoms with Gasteiger partial charge in [-0.3, -0.25) is 0 Å². The van der Waals surface area contributed by atoms with Crippen LogP contribution < -0.4 is 0 Å². The molecule has 1 aromatic heterocycles. The molecular formula is C11H18O. The molecule has 1 rings (SSSR count).